The number of benzene rings is 3. The molecule has 0 unspecified atom stereocenters. The zero-order valence-electron chi connectivity index (χ0n) is 14.2. The fourth-order valence-electron chi connectivity index (χ4n) is 3.39. The van der Waals surface area contributed by atoms with Crippen LogP contribution in [0.4, 0.5) is 0 Å². The Morgan fingerprint density at radius 1 is 0.720 bits per heavy atom. The van der Waals surface area contributed by atoms with Crippen LogP contribution in [0, 0.1) is 0 Å². The lowest BCUT2D eigenvalue weighted by Crippen LogP contribution is -2.04. The molecule has 4 rings (SSSR count). The summed E-state index contributed by atoms with van der Waals surface area (Å²) >= 11 is 0. The monoisotopic (exact) mass is 326 g/mol. The number of nitrogens with two attached hydrogens (primary N) is 1. The van der Waals surface area contributed by atoms with Crippen LogP contribution in [0.2, 0.25) is 0 Å². The molecule has 0 atom stereocenters. The second-order valence-corrected chi connectivity index (χ2v) is 6.40. The van der Waals surface area contributed by atoms with Crippen molar-refractivity contribution in [1.29, 1.82) is 0 Å². The van der Waals surface area contributed by atoms with E-state index in [2.05, 4.69) is 89.5 Å². The van der Waals surface area contributed by atoms with Gasteiger partial charge in [0.05, 0.1) is 0 Å². The second kappa shape index (κ2) is 6.96. The molecule has 0 fully saturated rings. The van der Waals surface area contributed by atoms with Gasteiger partial charge in [-0.15, -0.1) is 0 Å². The third-order valence-corrected chi connectivity index (χ3v) is 4.68. The average molecular weight is 326 g/mol. The van der Waals surface area contributed by atoms with Crippen LogP contribution in [0.5, 0.6) is 0 Å². The molecule has 0 aliphatic rings. The van der Waals surface area contributed by atoms with Crippen LogP contribution in [-0.4, -0.2) is 11.1 Å². The van der Waals surface area contributed by atoms with Gasteiger partial charge in [0.15, 0.2) is 0 Å². The molecule has 0 aliphatic heterocycles. The molecule has 0 radical (unpaired) electrons. The number of hydrogen-bond donors (Lipinski definition) is 1. The molecule has 0 saturated heterocycles. The molecule has 2 N–H and O–H groups in total. The van der Waals surface area contributed by atoms with Crippen LogP contribution in [0.25, 0.3) is 22.2 Å². The van der Waals surface area contributed by atoms with Crippen molar-refractivity contribution in [3.63, 3.8) is 0 Å². The Morgan fingerprint density at radius 2 is 1.40 bits per heavy atom. The summed E-state index contributed by atoms with van der Waals surface area (Å²) in [7, 11) is 0. The SMILES string of the molecule is NCCc1ccc(Cn2c(-c3ccccc3)cc3ccccc32)cc1. The van der Waals surface area contributed by atoms with E-state index in [4.69, 9.17) is 5.73 Å². The second-order valence-electron chi connectivity index (χ2n) is 6.40. The van der Waals surface area contributed by atoms with E-state index >= 15 is 0 Å². The van der Waals surface area contributed by atoms with Crippen molar-refractivity contribution in [3.8, 4) is 11.3 Å². The van der Waals surface area contributed by atoms with E-state index in [1.807, 2.05) is 0 Å². The van der Waals surface area contributed by atoms with Gasteiger partial charge in [-0.25, -0.2) is 0 Å². The Morgan fingerprint density at radius 3 is 2.16 bits per heavy atom. The standard InChI is InChI=1S/C23H22N2/c24-15-14-18-10-12-19(13-11-18)17-25-22-9-5-4-8-21(22)16-23(25)20-6-2-1-3-7-20/h1-13,16H,14-15,17,24H2. The molecule has 2 nitrogen and oxygen atoms in total. The van der Waals surface area contributed by atoms with Gasteiger partial charge in [0.2, 0.25) is 0 Å². The summed E-state index contributed by atoms with van der Waals surface area (Å²) < 4.78 is 2.41. The summed E-state index contributed by atoms with van der Waals surface area (Å²) in [5.41, 5.74) is 12.0. The minimum atomic E-state index is 0.694. The normalized spacial score (nSPS) is 11.1. The summed E-state index contributed by atoms with van der Waals surface area (Å²) in [6.45, 7) is 1.56. The van der Waals surface area contributed by atoms with E-state index in [9.17, 15) is 0 Å². The van der Waals surface area contributed by atoms with Crippen LogP contribution in [0.1, 0.15) is 11.1 Å². The van der Waals surface area contributed by atoms with Gasteiger partial charge in [0, 0.05) is 23.1 Å². The minimum absolute atomic E-state index is 0.694. The first-order valence-corrected chi connectivity index (χ1v) is 8.77. The van der Waals surface area contributed by atoms with Crippen LogP contribution < -0.4 is 5.73 Å². The molecule has 0 aliphatic carbocycles. The number of fused-ring (bicyclic) bond motifs is 1. The number of aromatic nitrogens is 1. The molecule has 0 saturated carbocycles. The molecule has 2 heteroatoms. The molecule has 25 heavy (non-hydrogen) atoms. The van der Waals surface area contributed by atoms with Gasteiger partial charge in [0.25, 0.3) is 0 Å². The molecular formula is C23H22N2. The van der Waals surface area contributed by atoms with Crippen molar-refractivity contribution in [3.05, 3.63) is 96.1 Å². The van der Waals surface area contributed by atoms with Gasteiger partial charge in [-0.3, -0.25) is 0 Å². The predicted octanol–water partition coefficient (Wildman–Crippen LogP) is 4.86. The maximum Gasteiger partial charge on any atom is 0.0494 e. The van der Waals surface area contributed by atoms with Crippen LogP contribution >= 0.6 is 0 Å². The quantitative estimate of drug-likeness (QED) is 0.558. The zero-order valence-corrected chi connectivity index (χ0v) is 14.2. The van der Waals surface area contributed by atoms with Crippen molar-refractivity contribution in [2.75, 3.05) is 6.54 Å². The van der Waals surface area contributed by atoms with Gasteiger partial charge in [-0.05, 0) is 41.8 Å². The third-order valence-electron chi connectivity index (χ3n) is 4.68. The first kappa shape index (κ1) is 15.7. The molecule has 124 valence electrons. The Labute approximate surface area is 148 Å². The van der Waals surface area contributed by atoms with Crippen molar-refractivity contribution < 1.29 is 0 Å². The maximum atomic E-state index is 5.65. The van der Waals surface area contributed by atoms with Crippen LogP contribution in [-0.2, 0) is 13.0 Å². The van der Waals surface area contributed by atoms with Gasteiger partial charge in [0.1, 0.15) is 0 Å². The van der Waals surface area contributed by atoms with E-state index in [-0.39, 0.29) is 0 Å². The first-order valence-electron chi connectivity index (χ1n) is 8.77. The third kappa shape index (κ3) is 3.21. The zero-order chi connectivity index (χ0) is 17.1. The Balaban J connectivity index is 1.77. The van der Waals surface area contributed by atoms with Gasteiger partial charge in [-0.1, -0.05) is 72.8 Å². The van der Waals surface area contributed by atoms with Crippen LogP contribution in [0.15, 0.2) is 84.9 Å². The summed E-state index contributed by atoms with van der Waals surface area (Å²) in [6, 6.07) is 30.3. The van der Waals surface area contributed by atoms with E-state index in [1.54, 1.807) is 0 Å². The summed E-state index contributed by atoms with van der Waals surface area (Å²) in [6.07, 6.45) is 0.933. The smallest absolute Gasteiger partial charge is 0.0494 e. The molecule has 0 amide bonds. The summed E-state index contributed by atoms with van der Waals surface area (Å²) in [5, 5.41) is 1.28. The van der Waals surface area contributed by atoms with Crippen molar-refractivity contribution in [1.82, 2.24) is 4.57 Å². The largest absolute Gasteiger partial charge is 0.336 e. The lowest BCUT2D eigenvalue weighted by Gasteiger charge is -2.12. The number of hydrogen-bond acceptors (Lipinski definition) is 1. The molecular weight excluding hydrogens is 304 g/mol. The lowest BCUT2D eigenvalue weighted by molar-refractivity contribution is 0.843. The molecule has 4 aromatic rings. The van der Waals surface area contributed by atoms with E-state index in [1.165, 1.54) is 33.3 Å². The molecule has 0 bridgehead atoms. The van der Waals surface area contributed by atoms with E-state index in [0.29, 0.717) is 6.54 Å². The topological polar surface area (TPSA) is 30.9 Å². The van der Waals surface area contributed by atoms with Crippen molar-refractivity contribution >= 4 is 10.9 Å². The first-order chi connectivity index (χ1) is 12.3. The Kier molecular flexibility index (Phi) is 4.36. The molecule has 0 spiro atoms. The average Bonchev–Trinajstić information content (AvgIpc) is 3.03. The number of nitrogens with zero attached hydrogens (tertiary/aromatic N) is 1. The number of para-hydroxylation sites is 1. The van der Waals surface area contributed by atoms with Crippen molar-refractivity contribution in [2.24, 2.45) is 5.73 Å². The van der Waals surface area contributed by atoms with Gasteiger partial charge < -0.3 is 10.3 Å². The van der Waals surface area contributed by atoms with Gasteiger partial charge in [-0.2, -0.15) is 0 Å². The Hall–Kier alpha value is -2.84. The molecule has 3 aromatic carbocycles. The highest BCUT2D eigenvalue weighted by molar-refractivity contribution is 5.87. The fraction of sp³-hybridized carbons (Fsp3) is 0.130. The highest BCUT2D eigenvalue weighted by atomic mass is 15.0. The van der Waals surface area contributed by atoms with E-state index < -0.39 is 0 Å². The van der Waals surface area contributed by atoms with Crippen LogP contribution in [0.3, 0.4) is 0 Å². The summed E-state index contributed by atoms with van der Waals surface area (Å²) in [4.78, 5) is 0. The van der Waals surface area contributed by atoms with E-state index in [0.717, 1.165) is 13.0 Å². The number of rotatable bonds is 5. The molecule has 1 heterocycles. The molecule has 1 aromatic heterocycles. The predicted molar refractivity (Wildman–Crippen MR) is 106 cm³/mol. The fourth-order valence-corrected chi connectivity index (χ4v) is 3.39. The Bertz CT molecular complexity index is 966. The highest BCUT2D eigenvalue weighted by Crippen LogP contribution is 2.29. The maximum absolute atomic E-state index is 5.65. The van der Waals surface area contributed by atoms with Crippen molar-refractivity contribution in [2.45, 2.75) is 13.0 Å². The summed E-state index contributed by atoms with van der Waals surface area (Å²) in [5.74, 6) is 0. The lowest BCUT2D eigenvalue weighted by atomic mass is 10.1. The minimum Gasteiger partial charge on any atom is -0.336 e. The highest BCUT2D eigenvalue weighted by Gasteiger charge is 2.10. The van der Waals surface area contributed by atoms with Gasteiger partial charge >= 0.3 is 0 Å².